The molecule has 1 aliphatic carbocycles. The molecule has 1 fully saturated rings. The maximum Gasteiger partial charge on any atom is 0.337 e. The molecule has 0 atom stereocenters. The van der Waals surface area contributed by atoms with Crippen molar-refractivity contribution in [3.05, 3.63) is 28.5 Å². The molecule has 13 heavy (non-hydrogen) atoms. The van der Waals surface area contributed by atoms with Gasteiger partial charge in [0.25, 0.3) is 0 Å². The summed E-state index contributed by atoms with van der Waals surface area (Å²) in [4.78, 5) is 14.8. The highest BCUT2D eigenvalue weighted by Gasteiger charge is 2.28. The molecule has 4 heteroatoms. The molecule has 0 saturated heterocycles. The number of hydrogen-bond donors (Lipinski definition) is 1. The Bertz CT molecular complexity index is 361. The zero-order chi connectivity index (χ0) is 9.42. The number of aromatic nitrogens is 1. The first kappa shape index (κ1) is 8.51. The third kappa shape index (κ3) is 1.52. The van der Waals surface area contributed by atoms with Gasteiger partial charge in [0.1, 0.15) is 0 Å². The lowest BCUT2D eigenvalue weighted by Crippen LogP contribution is -2.00. The first-order valence-electron chi connectivity index (χ1n) is 4.08. The number of nitrogens with zero attached hydrogens (tertiary/aromatic N) is 1. The van der Waals surface area contributed by atoms with Gasteiger partial charge < -0.3 is 5.11 Å². The van der Waals surface area contributed by atoms with Gasteiger partial charge >= 0.3 is 5.97 Å². The first-order valence-corrected chi connectivity index (χ1v) is 4.45. The van der Waals surface area contributed by atoms with Crippen molar-refractivity contribution < 1.29 is 9.90 Å². The van der Waals surface area contributed by atoms with Crippen LogP contribution in [0.25, 0.3) is 0 Å². The van der Waals surface area contributed by atoms with Gasteiger partial charge in [-0.15, -0.1) is 0 Å². The number of carboxylic acids is 1. The maximum atomic E-state index is 10.7. The lowest BCUT2D eigenvalue weighted by atomic mass is 10.2. The largest absolute Gasteiger partial charge is 0.478 e. The molecule has 0 aromatic carbocycles. The molecule has 3 nitrogen and oxygen atoms in total. The van der Waals surface area contributed by atoms with Gasteiger partial charge in [-0.25, -0.2) is 4.79 Å². The summed E-state index contributed by atoms with van der Waals surface area (Å²) in [5.74, 6) is -0.610. The van der Waals surface area contributed by atoms with Crippen molar-refractivity contribution >= 4 is 17.6 Å². The van der Waals surface area contributed by atoms with E-state index in [1.165, 1.54) is 12.3 Å². The van der Waals surface area contributed by atoms with Crippen molar-refractivity contribution in [1.29, 1.82) is 0 Å². The van der Waals surface area contributed by atoms with Crippen molar-refractivity contribution in [3.63, 3.8) is 0 Å². The molecule has 1 saturated carbocycles. The monoisotopic (exact) mass is 197 g/mol. The summed E-state index contributed by atoms with van der Waals surface area (Å²) in [5, 5.41) is 9.08. The molecule has 2 rings (SSSR count). The van der Waals surface area contributed by atoms with Gasteiger partial charge in [0, 0.05) is 12.1 Å². The minimum Gasteiger partial charge on any atom is -0.478 e. The summed E-state index contributed by atoms with van der Waals surface area (Å²) in [5.41, 5.74) is 0.889. The van der Waals surface area contributed by atoms with E-state index in [0.29, 0.717) is 10.9 Å². The Balaban J connectivity index is 2.47. The highest BCUT2D eigenvalue weighted by Crippen LogP contribution is 2.42. The topological polar surface area (TPSA) is 50.2 Å². The number of aromatic carboxylic acids is 1. The molecular formula is C9H8ClNO2. The van der Waals surface area contributed by atoms with Gasteiger partial charge in [-0.05, 0) is 18.9 Å². The molecule has 0 bridgehead atoms. The Kier molecular flexibility index (Phi) is 1.96. The third-order valence-electron chi connectivity index (χ3n) is 2.11. The normalized spacial score (nSPS) is 15.8. The lowest BCUT2D eigenvalue weighted by Gasteiger charge is -2.03. The van der Waals surface area contributed by atoms with Crippen molar-refractivity contribution in [1.82, 2.24) is 4.98 Å². The Morgan fingerprint density at radius 2 is 2.31 bits per heavy atom. The number of pyridine rings is 1. The second kappa shape index (κ2) is 3.00. The van der Waals surface area contributed by atoms with E-state index in [2.05, 4.69) is 4.98 Å². The molecule has 0 aliphatic heterocycles. The number of carboxylic acid groups (broad SMARTS) is 1. The minimum atomic E-state index is -0.991. The number of hydrogen-bond acceptors (Lipinski definition) is 2. The van der Waals surface area contributed by atoms with Gasteiger partial charge in [0.05, 0.1) is 16.3 Å². The molecule has 1 N–H and O–H groups in total. The number of rotatable bonds is 2. The van der Waals surface area contributed by atoms with Gasteiger partial charge in [-0.1, -0.05) is 11.6 Å². The van der Waals surface area contributed by atoms with E-state index in [4.69, 9.17) is 16.7 Å². The lowest BCUT2D eigenvalue weighted by molar-refractivity contribution is 0.0697. The molecule has 1 aromatic rings. The van der Waals surface area contributed by atoms with Crippen molar-refractivity contribution in [3.8, 4) is 0 Å². The molecule has 1 heterocycles. The van der Waals surface area contributed by atoms with Crippen LogP contribution in [0.3, 0.4) is 0 Å². The number of halogens is 1. The number of carbonyl (C=O) groups is 1. The standard InChI is InChI=1S/C9H8ClNO2/c10-7-6(9(12)13)3-4-11-8(7)5-1-2-5/h3-5H,1-2H2,(H,12,13). The van der Waals surface area contributed by atoms with Crippen LogP contribution in [0.4, 0.5) is 0 Å². The Morgan fingerprint density at radius 1 is 1.62 bits per heavy atom. The molecule has 0 amide bonds. The van der Waals surface area contributed by atoms with E-state index in [1.54, 1.807) is 0 Å². The zero-order valence-electron chi connectivity index (χ0n) is 6.83. The highest BCUT2D eigenvalue weighted by atomic mass is 35.5. The highest BCUT2D eigenvalue weighted by molar-refractivity contribution is 6.34. The summed E-state index contributed by atoms with van der Waals surface area (Å²) in [6.45, 7) is 0. The minimum absolute atomic E-state index is 0.151. The van der Waals surface area contributed by atoms with E-state index >= 15 is 0 Å². The maximum absolute atomic E-state index is 10.7. The van der Waals surface area contributed by atoms with Crippen LogP contribution in [-0.4, -0.2) is 16.1 Å². The van der Waals surface area contributed by atoms with Crippen LogP contribution < -0.4 is 0 Å². The molecule has 0 spiro atoms. The van der Waals surface area contributed by atoms with E-state index in [9.17, 15) is 4.79 Å². The summed E-state index contributed by atoms with van der Waals surface area (Å²) in [6.07, 6.45) is 3.63. The third-order valence-corrected chi connectivity index (χ3v) is 2.51. The van der Waals surface area contributed by atoms with Crippen molar-refractivity contribution in [2.75, 3.05) is 0 Å². The molecule has 0 radical (unpaired) electrons. The van der Waals surface area contributed by atoms with Crippen LogP contribution in [-0.2, 0) is 0 Å². The van der Waals surface area contributed by atoms with Crippen LogP contribution in [0.1, 0.15) is 34.8 Å². The Morgan fingerprint density at radius 3 is 2.85 bits per heavy atom. The Labute approximate surface area is 80.4 Å². The predicted molar refractivity (Wildman–Crippen MR) is 48.2 cm³/mol. The summed E-state index contributed by atoms with van der Waals surface area (Å²) < 4.78 is 0. The quantitative estimate of drug-likeness (QED) is 0.792. The Hall–Kier alpha value is -1.09. The summed E-state index contributed by atoms with van der Waals surface area (Å²) in [6, 6.07) is 1.43. The van der Waals surface area contributed by atoms with Crippen LogP contribution in [0.2, 0.25) is 5.02 Å². The second-order valence-electron chi connectivity index (χ2n) is 3.14. The molecule has 68 valence electrons. The second-order valence-corrected chi connectivity index (χ2v) is 3.52. The predicted octanol–water partition coefficient (Wildman–Crippen LogP) is 2.31. The zero-order valence-corrected chi connectivity index (χ0v) is 7.58. The van der Waals surface area contributed by atoms with Crippen LogP contribution >= 0.6 is 11.6 Å². The first-order chi connectivity index (χ1) is 6.20. The fourth-order valence-corrected chi connectivity index (χ4v) is 1.61. The van der Waals surface area contributed by atoms with Crippen molar-refractivity contribution in [2.24, 2.45) is 0 Å². The molecule has 0 unspecified atom stereocenters. The summed E-state index contributed by atoms with van der Waals surface area (Å²) >= 11 is 5.90. The van der Waals surface area contributed by atoms with E-state index < -0.39 is 5.97 Å². The average molecular weight is 198 g/mol. The molecule has 1 aromatic heterocycles. The summed E-state index contributed by atoms with van der Waals surface area (Å²) in [7, 11) is 0. The van der Waals surface area contributed by atoms with E-state index in [1.807, 2.05) is 0 Å². The van der Waals surface area contributed by atoms with Crippen LogP contribution in [0, 0.1) is 0 Å². The van der Waals surface area contributed by atoms with Gasteiger partial charge in [0.2, 0.25) is 0 Å². The van der Waals surface area contributed by atoms with Gasteiger partial charge in [0.15, 0.2) is 0 Å². The van der Waals surface area contributed by atoms with Gasteiger partial charge in [-0.2, -0.15) is 0 Å². The van der Waals surface area contributed by atoms with Crippen LogP contribution in [0.5, 0.6) is 0 Å². The van der Waals surface area contributed by atoms with E-state index in [-0.39, 0.29) is 5.56 Å². The molecule has 1 aliphatic rings. The smallest absolute Gasteiger partial charge is 0.337 e. The SMILES string of the molecule is O=C(O)c1ccnc(C2CC2)c1Cl. The van der Waals surface area contributed by atoms with Crippen molar-refractivity contribution in [2.45, 2.75) is 18.8 Å². The molecular weight excluding hydrogens is 190 g/mol. The average Bonchev–Trinajstić information content (AvgIpc) is 2.87. The fraction of sp³-hybridized carbons (Fsp3) is 0.333. The van der Waals surface area contributed by atoms with Gasteiger partial charge in [-0.3, -0.25) is 4.98 Å². The fourth-order valence-electron chi connectivity index (χ4n) is 1.27. The van der Waals surface area contributed by atoms with E-state index in [0.717, 1.165) is 18.5 Å². The van der Waals surface area contributed by atoms with Crippen LogP contribution in [0.15, 0.2) is 12.3 Å².